The van der Waals surface area contributed by atoms with Gasteiger partial charge in [-0.15, -0.1) is 0 Å². The number of hydrogen-bond acceptors (Lipinski definition) is 3. The maximum atomic E-state index is 11.9. The molecule has 110 valence electrons. The third-order valence-electron chi connectivity index (χ3n) is 2.62. The van der Waals surface area contributed by atoms with Crippen molar-refractivity contribution in [3.05, 3.63) is 28.8 Å². The van der Waals surface area contributed by atoms with E-state index in [9.17, 15) is 9.59 Å². The maximum absolute atomic E-state index is 11.9. The van der Waals surface area contributed by atoms with Gasteiger partial charge in [-0.2, -0.15) is 0 Å². The van der Waals surface area contributed by atoms with Crippen molar-refractivity contribution in [2.45, 2.75) is 20.3 Å². The number of carbonyl (C=O) groups is 2. The monoisotopic (exact) mass is 297 g/mol. The number of hydrogen-bond donors (Lipinski definition) is 3. The summed E-state index contributed by atoms with van der Waals surface area (Å²) in [6.07, 6.45) is 0.235. The van der Waals surface area contributed by atoms with E-state index in [1.54, 1.807) is 18.2 Å². The number of rotatable bonds is 6. The molecule has 0 radical (unpaired) electrons. The summed E-state index contributed by atoms with van der Waals surface area (Å²) in [6, 6.07) is 4.87. The van der Waals surface area contributed by atoms with Crippen LogP contribution in [0.3, 0.4) is 0 Å². The highest BCUT2D eigenvalue weighted by molar-refractivity contribution is 6.36. The minimum atomic E-state index is -0.334. The van der Waals surface area contributed by atoms with Gasteiger partial charge in [-0.05, 0) is 18.1 Å². The van der Waals surface area contributed by atoms with Gasteiger partial charge in [-0.25, -0.2) is 0 Å². The molecule has 0 atom stereocenters. The van der Waals surface area contributed by atoms with Crippen molar-refractivity contribution in [3.8, 4) is 0 Å². The molecular weight excluding hydrogens is 278 g/mol. The Morgan fingerprint density at radius 1 is 1.30 bits per heavy atom. The van der Waals surface area contributed by atoms with Crippen LogP contribution < -0.4 is 16.4 Å². The Bertz CT molecular complexity index is 489. The topological polar surface area (TPSA) is 84.2 Å². The van der Waals surface area contributed by atoms with Crippen molar-refractivity contribution in [2.24, 2.45) is 5.92 Å². The van der Waals surface area contributed by atoms with Crippen molar-refractivity contribution in [1.29, 1.82) is 0 Å². The predicted molar refractivity (Wildman–Crippen MR) is 80.7 cm³/mol. The first-order valence-corrected chi connectivity index (χ1v) is 6.88. The van der Waals surface area contributed by atoms with Gasteiger partial charge in [0.2, 0.25) is 5.91 Å². The normalized spacial score (nSPS) is 10.4. The zero-order chi connectivity index (χ0) is 15.1. The molecule has 0 aliphatic heterocycles. The fourth-order valence-electron chi connectivity index (χ4n) is 1.52. The molecule has 20 heavy (non-hydrogen) atoms. The summed E-state index contributed by atoms with van der Waals surface area (Å²) in [5.74, 6) is -0.0173. The lowest BCUT2D eigenvalue weighted by Crippen LogP contribution is -2.32. The number of halogens is 1. The first-order valence-electron chi connectivity index (χ1n) is 6.50. The molecular formula is C14H20ClN3O2. The highest BCUT2D eigenvalue weighted by Crippen LogP contribution is 2.22. The molecule has 0 aliphatic carbocycles. The smallest absolute Gasteiger partial charge is 0.252 e. The van der Waals surface area contributed by atoms with Gasteiger partial charge in [0.1, 0.15) is 0 Å². The summed E-state index contributed by atoms with van der Waals surface area (Å²) in [5, 5.41) is 5.66. The molecule has 0 bridgehead atoms. The second-order valence-electron chi connectivity index (χ2n) is 4.91. The van der Waals surface area contributed by atoms with E-state index in [0.29, 0.717) is 23.7 Å². The van der Waals surface area contributed by atoms with E-state index in [1.807, 2.05) is 13.8 Å². The average Bonchev–Trinajstić information content (AvgIpc) is 2.39. The minimum absolute atomic E-state index is 0.0855. The van der Waals surface area contributed by atoms with E-state index in [1.165, 1.54) is 0 Å². The van der Waals surface area contributed by atoms with Crippen LogP contribution in [0.15, 0.2) is 18.2 Å². The molecule has 1 aromatic rings. The minimum Gasteiger partial charge on any atom is -0.398 e. The molecule has 0 aliphatic rings. The first-order chi connectivity index (χ1) is 9.41. The van der Waals surface area contributed by atoms with E-state index < -0.39 is 0 Å². The van der Waals surface area contributed by atoms with Crippen molar-refractivity contribution >= 4 is 29.1 Å². The van der Waals surface area contributed by atoms with Gasteiger partial charge in [0.15, 0.2) is 0 Å². The largest absolute Gasteiger partial charge is 0.398 e. The Kier molecular flexibility index (Phi) is 6.31. The summed E-state index contributed by atoms with van der Waals surface area (Å²) < 4.78 is 0. The molecule has 4 N–H and O–H groups in total. The quantitative estimate of drug-likeness (QED) is 0.700. The van der Waals surface area contributed by atoms with Gasteiger partial charge in [0.05, 0.1) is 16.3 Å². The Morgan fingerprint density at radius 2 is 2.00 bits per heavy atom. The fourth-order valence-corrected chi connectivity index (χ4v) is 1.73. The molecule has 1 rings (SSSR count). The van der Waals surface area contributed by atoms with Crippen LogP contribution in [-0.2, 0) is 4.79 Å². The van der Waals surface area contributed by atoms with Gasteiger partial charge < -0.3 is 16.4 Å². The number of nitrogen functional groups attached to an aromatic ring is 1. The van der Waals surface area contributed by atoms with Crippen LogP contribution in [0.2, 0.25) is 5.02 Å². The average molecular weight is 298 g/mol. The Hall–Kier alpha value is -1.75. The Labute approximate surface area is 123 Å². The van der Waals surface area contributed by atoms with E-state index in [2.05, 4.69) is 10.6 Å². The number of amides is 2. The van der Waals surface area contributed by atoms with Crippen LogP contribution in [0.1, 0.15) is 30.6 Å². The van der Waals surface area contributed by atoms with Gasteiger partial charge in [-0.1, -0.05) is 31.5 Å². The van der Waals surface area contributed by atoms with Crippen LogP contribution in [0.25, 0.3) is 0 Å². The van der Waals surface area contributed by atoms with Crippen LogP contribution >= 0.6 is 11.6 Å². The molecule has 0 aromatic heterocycles. The lowest BCUT2D eigenvalue weighted by molar-refractivity contribution is -0.121. The van der Waals surface area contributed by atoms with Crippen LogP contribution in [0, 0.1) is 5.92 Å². The van der Waals surface area contributed by atoms with Gasteiger partial charge in [0.25, 0.3) is 5.91 Å². The SMILES string of the molecule is CC(C)CNC(=O)CCNC(=O)c1cccc(N)c1Cl. The van der Waals surface area contributed by atoms with Crippen molar-refractivity contribution in [1.82, 2.24) is 10.6 Å². The zero-order valence-corrected chi connectivity index (χ0v) is 12.5. The third-order valence-corrected chi connectivity index (χ3v) is 3.04. The Balaban J connectivity index is 2.40. The Morgan fingerprint density at radius 3 is 2.65 bits per heavy atom. The lowest BCUT2D eigenvalue weighted by atomic mass is 10.2. The number of nitrogens with one attached hydrogen (secondary N) is 2. The lowest BCUT2D eigenvalue weighted by Gasteiger charge is -2.09. The molecule has 0 spiro atoms. The first kappa shape index (κ1) is 16.3. The summed E-state index contributed by atoms with van der Waals surface area (Å²) >= 11 is 5.95. The molecule has 0 fully saturated rings. The molecule has 0 saturated heterocycles. The number of nitrogens with two attached hydrogens (primary N) is 1. The second-order valence-corrected chi connectivity index (χ2v) is 5.29. The number of benzene rings is 1. The van der Waals surface area contributed by atoms with E-state index in [-0.39, 0.29) is 29.8 Å². The van der Waals surface area contributed by atoms with Crippen molar-refractivity contribution < 1.29 is 9.59 Å². The molecule has 6 heteroatoms. The third kappa shape index (κ3) is 5.09. The number of anilines is 1. The number of carbonyl (C=O) groups excluding carboxylic acids is 2. The van der Waals surface area contributed by atoms with Crippen molar-refractivity contribution in [3.63, 3.8) is 0 Å². The second kappa shape index (κ2) is 7.75. The maximum Gasteiger partial charge on any atom is 0.252 e. The van der Waals surface area contributed by atoms with Crippen LogP contribution in [-0.4, -0.2) is 24.9 Å². The molecule has 2 amide bonds. The van der Waals surface area contributed by atoms with Gasteiger partial charge in [0, 0.05) is 19.5 Å². The van der Waals surface area contributed by atoms with Gasteiger partial charge >= 0.3 is 0 Å². The summed E-state index contributed by atoms with van der Waals surface area (Å²) in [7, 11) is 0. The molecule has 5 nitrogen and oxygen atoms in total. The van der Waals surface area contributed by atoms with Crippen molar-refractivity contribution in [2.75, 3.05) is 18.8 Å². The molecule has 0 heterocycles. The summed E-state index contributed by atoms with van der Waals surface area (Å²) in [5.41, 5.74) is 6.30. The highest BCUT2D eigenvalue weighted by Gasteiger charge is 2.12. The van der Waals surface area contributed by atoms with Crippen LogP contribution in [0.5, 0.6) is 0 Å². The summed E-state index contributed by atoms with van der Waals surface area (Å²) in [4.78, 5) is 23.4. The van der Waals surface area contributed by atoms with E-state index in [0.717, 1.165) is 0 Å². The van der Waals surface area contributed by atoms with E-state index >= 15 is 0 Å². The highest BCUT2D eigenvalue weighted by atomic mass is 35.5. The molecule has 0 saturated carbocycles. The van der Waals surface area contributed by atoms with E-state index in [4.69, 9.17) is 17.3 Å². The standard InChI is InChI=1S/C14H20ClN3O2/c1-9(2)8-18-12(19)6-7-17-14(20)10-4-3-5-11(16)13(10)15/h3-5,9H,6-8,16H2,1-2H3,(H,17,20)(H,18,19). The van der Waals surface area contributed by atoms with Gasteiger partial charge in [-0.3, -0.25) is 9.59 Å². The summed E-state index contributed by atoms with van der Waals surface area (Å²) in [6.45, 7) is 4.93. The predicted octanol–water partition coefficient (Wildman–Crippen LogP) is 1.81. The fraction of sp³-hybridized carbons (Fsp3) is 0.429. The zero-order valence-electron chi connectivity index (χ0n) is 11.7. The molecule has 0 unspecified atom stereocenters. The van der Waals surface area contributed by atoms with Crippen LogP contribution in [0.4, 0.5) is 5.69 Å². The molecule has 1 aromatic carbocycles.